The molecular weight excluding hydrogens is 172 g/mol. The summed E-state index contributed by atoms with van der Waals surface area (Å²) < 4.78 is 15.6. The predicted molar refractivity (Wildman–Crippen MR) is 47.8 cm³/mol. The number of methoxy groups -OCH3 is 1. The van der Waals surface area contributed by atoms with Gasteiger partial charge < -0.3 is 14.2 Å². The minimum absolute atomic E-state index is 0.0539. The van der Waals surface area contributed by atoms with E-state index in [0.717, 1.165) is 6.42 Å². The van der Waals surface area contributed by atoms with Gasteiger partial charge in [0.25, 0.3) is 5.97 Å². The average molecular weight is 191 g/mol. The lowest BCUT2D eigenvalue weighted by Gasteiger charge is -2.27. The van der Waals surface area contributed by atoms with Gasteiger partial charge in [-0.2, -0.15) is 0 Å². The number of ether oxygens (including phenoxy) is 3. The Balaban J connectivity index is 3.57. The van der Waals surface area contributed by atoms with Gasteiger partial charge in [0.2, 0.25) is 0 Å². The van der Waals surface area contributed by atoms with Crippen molar-refractivity contribution in [2.24, 2.45) is 0 Å². The Hall–Kier alpha value is -0.160. The topological polar surface area (TPSA) is 47.6 Å². The summed E-state index contributed by atoms with van der Waals surface area (Å²) in [5.74, 6) is -0.961. The van der Waals surface area contributed by atoms with Crippen LogP contribution >= 0.6 is 0 Å². The van der Waals surface area contributed by atoms with E-state index in [1.165, 1.54) is 7.11 Å². The molecular formula is C9H19O4. The summed E-state index contributed by atoms with van der Waals surface area (Å²) in [4.78, 5) is 0. The molecule has 1 unspecified atom stereocenters. The number of rotatable bonds is 8. The summed E-state index contributed by atoms with van der Waals surface area (Å²) in [7, 11) is 1.53. The second-order valence-electron chi connectivity index (χ2n) is 2.76. The van der Waals surface area contributed by atoms with Crippen molar-refractivity contribution in [3.63, 3.8) is 0 Å². The van der Waals surface area contributed by atoms with E-state index in [0.29, 0.717) is 19.6 Å². The van der Waals surface area contributed by atoms with Crippen LogP contribution < -0.4 is 0 Å². The standard InChI is InChI=1S/C9H19O4/c1-4-12-9(2,11-3)13-8-6-5-7-10/h4-8H2,1-3H3. The molecule has 0 aliphatic rings. The van der Waals surface area contributed by atoms with Gasteiger partial charge in [0.05, 0.1) is 13.2 Å². The Bertz CT molecular complexity index is 118. The Morgan fingerprint density at radius 1 is 1.23 bits per heavy atom. The van der Waals surface area contributed by atoms with Gasteiger partial charge in [0.15, 0.2) is 0 Å². The SMILES string of the molecule is CCOC(C)(OC)OCCCC[O]. The van der Waals surface area contributed by atoms with Gasteiger partial charge >= 0.3 is 0 Å². The van der Waals surface area contributed by atoms with Crippen molar-refractivity contribution < 1.29 is 19.3 Å². The van der Waals surface area contributed by atoms with Crippen LogP contribution in [0, 0.1) is 0 Å². The van der Waals surface area contributed by atoms with Crippen LogP contribution in [0.4, 0.5) is 0 Å². The van der Waals surface area contributed by atoms with Gasteiger partial charge in [-0.05, 0) is 19.8 Å². The summed E-state index contributed by atoms with van der Waals surface area (Å²) in [6.45, 7) is 4.56. The van der Waals surface area contributed by atoms with Crippen LogP contribution in [0.2, 0.25) is 0 Å². The quantitative estimate of drug-likeness (QED) is 0.432. The lowest BCUT2D eigenvalue weighted by Crippen LogP contribution is -2.34. The molecule has 0 aliphatic carbocycles. The maximum absolute atomic E-state index is 10.1. The molecule has 4 nitrogen and oxygen atoms in total. The predicted octanol–water partition coefficient (Wildman–Crippen LogP) is 1.57. The Morgan fingerprint density at radius 2 is 1.92 bits per heavy atom. The van der Waals surface area contributed by atoms with Gasteiger partial charge in [-0.15, -0.1) is 0 Å². The van der Waals surface area contributed by atoms with Gasteiger partial charge in [0.1, 0.15) is 0 Å². The van der Waals surface area contributed by atoms with E-state index in [2.05, 4.69) is 0 Å². The molecule has 0 fully saturated rings. The number of hydrogen-bond donors (Lipinski definition) is 0. The molecule has 1 atom stereocenters. The molecule has 1 radical (unpaired) electrons. The van der Waals surface area contributed by atoms with Crippen molar-refractivity contribution in [3.05, 3.63) is 0 Å². The normalized spacial score (nSPS) is 15.7. The first-order valence-corrected chi connectivity index (χ1v) is 4.59. The molecule has 0 bridgehead atoms. The van der Waals surface area contributed by atoms with Crippen LogP contribution in [0.25, 0.3) is 0 Å². The third kappa shape index (κ3) is 5.99. The van der Waals surface area contributed by atoms with E-state index in [-0.39, 0.29) is 6.61 Å². The number of unbranched alkanes of at least 4 members (excludes halogenated alkanes) is 1. The summed E-state index contributed by atoms with van der Waals surface area (Å²) in [5.41, 5.74) is 0. The molecule has 0 aromatic carbocycles. The fraction of sp³-hybridized carbons (Fsp3) is 1.00. The van der Waals surface area contributed by atoms with E-state index in [9.17, 15) is 5.11 Å². The van der Waals surface area contributed by atoms with Crippen LogP contribution in [0.5, 0.6) is 0 Å². The second kappa shape index (κ2) is 7.26. The minimum Gasteiger partial charge on any atom is -0.331 e. The van der Waals surface area contributed by atoms with Crippen molar-refractivity contribution in [3.8, 4) is 0 Å². The molecule has 4 heteroatoms. The maximum atomic E-state index is 10.1. The van der Waals surface area contributed by atoms with Crippen molar-refractivity contribution in [2.75, 3.05) is 26.9 Å². The summed E-state index contributed by atoms with van der Waals surface area (Å²) in [6, 6.07) is 0. The van der Waals surface area contributed by atoms with Crippen molar-refractivity contribution in [1.82, 2.24) is 0 Å². The molecule has 79 valence electrons. The van der Waals surface area contributed by atoms with E-state index < -0.39 is 5.97 Å². The smallest absolute Gasteiger partial charge is 0.279 e. The molecule has 0 spiro atoms. The van der Waals surface area contributed by atoms with Crippen LogP contribution in [0.3, 0.4) is 0 Å². The van der Waals surface area contributed by atoms with Crippen LogP contribution in [0.1, 0.15) is 26.7 Å². The highest BCUT2D eigenvalue weighted by molar-refractivity contribution is 4.46. The van der Waals surface area contributed by atoms with Gasteiger partial charge in [-0.3, -0.25) is 0 Å². The highest BCUT2D eigenvalue weighted by Gasteiger charge is 2.24. The molecule has 0 N–H and O–H groups in total. The van der Waals surface area contributed by atoms with Crippen LogP contribution in [-0.4, -0.2) is 32.9 Å². The lowest BCUT2D eigenvalue weighted by molar-refractivity contribution is -0.359. The first-order chi connectivity index (χ1) is 6.18. The van der Waals surface area contributed by atoms with Crippen molar-refractivity contribution in [1.29, 1.82) is 0 Å². The monoisotopic (exact) mass is 191 g/mol. The van der Waals surface area contributed by atoms with Gasteiger partial charge in [0, 0.05) is 20.6 Å². The van der Waals surface area contributed by atoms with Crippen molar-refractivity contribution >= 4 is 0 Å². The van der Waals surface area contributed by atoms with E-state index in [1.807, 2.05) is 6.92 Å². The molecule has 0 saturated carbocycles. The molecule has 0 amide bonds. The zero-order valence-electron chi connectivity index (χ0n) is 8.67. The fourth-order valence-corrected chi connectivity index (χ4v) is 0.883. The summed E-state index contributed by atoms with van der Waals surface area (Å²) >= 11 is 0. The molecule has 0 saturated heterocycles. The van der Waals surface area contributed by atoms with E-state index in [4.69, 9.17) is 14.2 Å². The first-order valence-electron chi connectivity index (χ1n) is 4.59. The third-order valence-corrected chi connectivity index (χ3v) is 1.68. The Kier molecular flexibility index (Phi) is 7.17. The second-order valence-corrected chi connectivity index (χ2v) is 2.76. The first kappa shape index (κ1) is 12.8. The summed E-state index contributed by atoms with van der Waals surface area (Å²) in [5, 5.41) is 10.1. The third-order valence-electron chi connectivity index (χ3n) is 1.68. The molecule has 0 aromatic heterocycles. The number of hydrogen-bond acceptors (Lipinski definition) is 3. The van der Waals surface area contributed by atoms with Crippen LogP contribution in [-0.2, 0) is 19.3 Å². The van der Waals surface area contributed by atoms with Crippen molar-refractivity contribution in [2.45, 2.75) is 32.7 Å². The summed E-state index contributed by atoms with van der Waals surface area (Å²) in [6.07, 6.45) is 1.38. The van der Waals surface area contributed by atoms with E-state index >= 15 is 0 Å². The lowest BCUT2D eigenvalue weighted by atomic mass is 10.3. The van der Waals surface area contributed by atoms with E-state index in [1.54, 1.807) is 6.92 Å². The minimum atomic E-state index is -0.961. The zero-order chi connectivity index (χ0) is 10.2. The maximum Gasteiger partial charge on any atom is 0.279 e. The highest BCUT2D eigenvalue weighted by Crippen LogP contribution is 2.13. The van der Waals surface area contributed by atoms with Gasteiger partial charge in [-0.25, -0.2) is 5.11 Å². The Morgan fingerprint density at radius 3 is 2.38 bits per heavy atom. The fourth-order valence-electron chi connectivity index (χ4n) is 0.883. The average Bonchev–Trinajstić information content (AvgIpc) is 2.13. The molecule has 0 rings (SSSR count). The highest BCUT2D eigenvalue weighted by atomic mass is 16.9. The Labute approximate surface area is 79.8 Å². The van der Waals surface area contributed by atoms with Crippen LogP contribution in [0.15, 0.2) is 0 Å². The van der Waals surface area contributed by atoms with Gasteiger partial charge in [-0.1, -0.05) is 0 Å². The largest absolute Gasteiger partial charge is 0.331 e. The molecule has 13 heavy (non-hydrogen) atoms. The zero-order valence-corrected chi connectivity index (χ0v) is 8.67. The molecule has 0 heterocycles. The molecule has 0 aliphatic heterocycles. The molecule has 0 aromatic rings.